The quantitative estimate of drug-likeness (QED) is 0.821. The number of aliphatic hydroxyl groups excluding tert-OH is 1. The van der Waals surface area contributed by atoms with Gasteiger partial charge in [-0.05, 0) is 53.6 Å². The Kier molecular flexibility index (Phi) is 4.51. The molecule has 0 amide bonds. The van der Waals surface area contributed by atoms with Crippen LogP contribution in [0.5, 0.6) is 0 Å². The predicted molar refractivity (Wildman–Crippen MR) is 81.8 cm³/mol. The average Bonchev–Trinajstić information content (AvgIpc) is 2.75. The molecule has 20 heavy (non-hydrogen) atoms. The summed E-state index contributed by atoms with van der Waals surface area (Å²) in [5.74, 6) is 1.02. The minimum atomic E-state index is -0.150. The topological polar surface area (TPSA) is 44.7 Å². The van der Waals surface area contributed by atoms with Crippen LogP contribution in [0.2, 0.25) is 0 Å². The number of hydrogen-bond acceptors (Lipinski definition) is 4. The van der Waals surface area contributed by atoms with Crippen molar-refractivity contribution in [2.45, 2.75) is 64.3 Å². The first-order chi connectivity index (χ1) is 9.23. The third-order valence-electron chi connectivity index (χ3n) is 5.50. The SMILES string of the molecule is CNC1C(CN2CCC(C)C2CO)C(C)(C)OC1(C)C. The Morgan fingerprint density at radius 3 is 2.45 bits per heavy atom. The van der Waals surface area contributed by atoms with Crippen molar-refractivity contribution in [3.05, 3.63) is 0 Å². The molecule has 2 heterocycles. The lowest BCUT2D eigenvalue weighted by Crippen LogP contribution is -2.51. The summed E-state index contributed by atoms with van der Waals surface area (Å²) in [6.07, 6.45) is 1.19. The van der Waals surface area contributed by atoms with Crippen molar-refractivity contribution in [1.82, 2.24) is 10.2 Å². The highest BCUT2D eigenvalue weighted by atomic mass is 16.5. The molecule has 4 nitrogen and oxygen atoms in total. The van der Waals surface area contributed by atoms with E-state index in [4.69, 9.17) is 4.74 Å². The summed E-state index contributed by atoms with van der Waals surface area (Å²) in [7, 11) is 2.03. The summed E-state index contributed by atoms with van der Waals surface area (Å²) in [6.45, 7) is 13.3. The zero-order chi connectivity index (χ0) is 15.1. The molecule has 0 aliphatic carbocycles. The molecule has 2 aliphatic heterocycles. The van der Waals surface area contributed by atoms with E-state index in [-0.39, 0.29) is 17.8 Å². The third kappa shape index (κ3) is 2.76. The number of likely N-dealkylation sites (tertiary alicyclic amines) is 1. The zero-order valence-electron chi connectivity index (χ0n) is 13.9. The Labute approximate surface area is 123 Å². The molecule has 118 valence electrons. The van der Waals surface area contributed by atoms with Crippen molar-refractivity contribution in [3.8, 4) is 0 Å². The summed E-state index contributed by atoms with van der Waals surface area (Å²) in [5.41, 5.74) is -0.286. The lowest BCUT2D eigenvalue weighted by atomic mass is 9.82. The second-order valence-electron chi connectivity index (χ2n) is 7.69. The maximum Gasteiger partial charge on any atom is 0.0790 e. The average molecular weight is 284 g/mol. The predicted octanol–water partition coefficient (Wildman–Crippen LogP) is 1.48. The Hall–Kier alpha value is -0.160. The van der Waals surface area contributed by atoms with Gasteiger partial charge in [-0.3, -0.25) is 4.90 Å². The molecule has 0 saturated carbocycles. The molecule has 0 spiro atoms. The molecule has 2 N–H and O–H groups in total. The van der Waals surface area contributed by atoms with Crippen LogP contribution < -0.4 is 5.32 Å². The van der Waals surface area contributed by atoms with Gasteiger partial charge in [-0.2, -0.15) is 0 Å². The first-order valence-corrected chi connectivity index (χ1v) is 7.95. The number of hydrogen-bond donors (Lipinski definition) is 2. The number of aliphatic hydroxyl groups is 1. The second kappa shape index (κ2) is 5.56. The molecule has 0 radical (unpaired) electrons. The first kappa shape index (κ1) is 16.2. The summed E-state index contributed by atoms with van der Waals surface area (Å²) in [5, 5.41) is 13.1. The molecular weight excluding hydrogens is 252 g/mol. The molecular formula is C16H32N2O2. The summed E-state index contributed by atoms with van der Waals surface area (Å²) in [4.78, 5) is 2.46. The molecule has 0 aromatic carbocycles. The van der Waals surface area contributed by atoms with Gasteiger partial charge in [-0.25, -0.2) is 0 Å². The van der Waals surface area contributed by atoms with Crippen LogP contribution in [0.15, 0.2) is 0 Å². The van der Waals surface area contributed by atoms with E-state index in [1.54, 1.807) is 0 Å². The van der Waals surface area contributed by atoms with Gasteiger partial charge in [0.15, 0.2) is 0 Å². The zero-order valence-corrected chi connectivity index (χ0v) is 13.9. The minimum Gasteiger partial charge on any atom is -0.395 e. The summed E-state index contributed by atoms with van der Waals surface area (Å²) < 4.78 is 6.31. The van der Waals surface area contributed by atoms with Gasteiger partial charge in [0.25, 0.3) is 0 Å². The molecule has 0 aromatic heterocycles. The van der Waals surface area contributed by atoms with Crippen molar-refractivity contribution >= 4 is 0 Å². The lowest BCUT2D eigenvalue weighted by Gasteiger charge is -2.35. The van der Waals surface area contributed by atoms with E-state index in [9.17, 15) is 5.11 Å². The lowest BCUT2D eigenvalue weighted by molar-refractivity contribution is -0.0800. The summed E-state index contributed by atoms with van der Waals surface area (Å²) in [6, 6.07) is 0.653. The van der Waals surface area contributed by atoms with Crippen LogP contribution in [0, 0.1) is 11.8 Å². The van der Waals surface area contributed by atoms with Crippen LogP contribution >= 0.6 is 0 Å². The van der Waals surface area contributed by atoms with Gasteiger partial charge in [-0.15, -0.1) is 0 Å². The maximum atomic E-state index is 9.65. The van der Waals surface area contributed by atoms with E-state index >= 15 is 0 Å². The molecule has 0 bridgehead atoms. The smallest absolute Gasteiger partial charge is 0.0790 e. The number of nitrogens with zero attached hydrogens (tertiary/aromatic N) is 1. The van der Waals surface area contributed by atoms with Crippen LogP contribution in [-0.4, -0.2) is 60.0 Å². The Morgan fingerprint density at radius 2 is 1.90 bits per heavy atom. The van der Waals surface area contributed by atoms with Crippen molar-refractivity contribution in [1.29, 1.82) is 0 Å². The third-order valence-corrected chi connectivity index (χ3v) is 5.50. The standard InChI is InChI=1S/C16H32N2O2/c1-11-7-8-18(13(11)10-19)9-12-14(17-6)16(4,5)20-15(12,2)3/h11-14,17,19H,7-10H2,1-6H3. The Bertz CT molecular complexity index is 343. The van der Waals surface area contributed by atoms with Gasteiger partial charge in [0.05, 0.1) is 17.8 Å². The number of nitrogens with one attached hydrogen (secondary N) is 1. The highest BCUT2D eigenvalue weighted by molar-refractivity contribution is 5.06. The van der Waals surface area contributed by atoms with E-state index in [1.165, 1.54) is 6.42 Å². The van der Waals surface area contributed by atoms with Crippen molar-refractivity contribution in [2.24, 2.45) is 11.8 Å². The fraction of sp³-hybridized carbons (Fsp3) is 1.00. The highest BCUT2D eigenvalue weighted by Gasteiger charge is 2.54. The van der Waals surface area contributed by atoms with Crippen LogP contribution in [0.3, 0.4) is 0 Å². The largest absolute Gasteiger partial charge is 0.395 e. The maximum absolute atomic E-state index is 9.65. The number of rotatable bonds is 4. The molecule has 2 aliphatic rings. The number of ether oxygens (including phenoxy) is 1. The van der Waals surface area contributed by atoms with Gasteiger partial charge in [-0.1, -0.05) is 6.92 Å². The van der Waals surface area contributed by atoms with Gasteiger partial charge < -0.3 is 15.2 Å². The van der Waals surface area contributed by atoms with E-state index in [0.29, 0.717) is 23.9 Å². The molecule has 4 heteroatoms. The minimum absolute atomic E-state index is 0.136. The van der Waals surface area contributed by atoms with E-state index in [2.05, 4.69) is 44.8 Å². The molecule has 4 unspecified atom stereocenters. The van der Waals surface area contributed by atoms with Crippen LogP contribution in [0.4, 0.5) is 0 Å². The van der Waals surface area contributed by atoms with Crippen molar-refractivity contribution < 1.29 is 9.84 Å². The molecule has 2 rings (SSSR count). The first-order valence-electron chi connectivity index (χ1n) is 7.95. The molecule has 0 aromatic rings. The Morgan fingerprint density at radius 1 is 1.25 bits per heavy atom. The number of likely N-dealkylation sites (N-methyl/N-ethyl adjacent to an activating group) is 1. The monoisotopic (exact) mass is 284 g/mol. The van der Waals surface area contributed by atoms with E-state index in [0.717, 1.165) is 13.1 Å². The van der Waals surface area contributed by atoms with Crippen LogP contribution in [0.1, 0.15) is 41.0 Å². The van der Waals surface area contributed by atoms with Gasteiger partial charge in [0, 0.05) is 24.5 Å². The van der Waals surface area contributed by atoms with Crippen molar-refractivity contribution in [2.75, 3.05) is 26.7 Å². The molecule has 2 fully saturated rings. The Balaban J connectivity index is 2.14. The van der Waals surface area contributed by atoms with Gasteiger partial charge in [0.1, 0.15) is 0 Å². The van der Waals surface area contributed by atoms with Crippen LogP contribution in [-0.2, 0) is 4.74 Å². The van der Waals surface area contributed by atoms with Gasteiger partial charge in [0.2, 0.25) is 0 Å². The fourth-order valence-electron chi connectivity index (χ4n) is 4.44. The second-order valence-corrected chi connectivity index (χ2v) is 7.69. The van der Waals surface area contributed by atoms with E-state index < -0.39 is 0 Å². The van der Waals surface area contributed by atoms with Gasteiger partial charge >= 0.3 is 0 Å². The fourth-order valence-corrected chi connectivity index (χ4v) is 4.44. The van der Waals surface area contributed by atoms with Crippen molar-refractivity contribution in [3.63, 3.8) is 0 Å². The molecule has 4 atom stereocenters. The van der Waals surface area contributed by atoms with Crippen LogP contribution in [0.25, 0.3) is 0 Å². The van der Waals surface area contributed by atoms with E-state index in [1.807, 2.05) is 7.05 Å². The molecule has 2 saturated heterocycles. The normalized spacial score (nSPS) is 40.4. The highest BCUT2D eigenvalue weighted by Crippen LogP contribution is 2.43. The summed E-state index contributed by atoms with van der Waals surface area (Å²) >= 11 is 0.